The van der Waals surface area contributed by atoms with Crippen LogP contribution >= 0.6 is 11.3 Å². The van der Waals surface area contributed by atoms with Crippen LogP contribution in [-0.4, -0.2) is 40.2 Å². The van der Waals surface area contributed by atoms with Crippen molar-refractivity contribution in [2.45, 2.75) is 25.8 Å². The molecule has 0 radical (unpaired) electrons. The fourth-order valence-electron chi connectivity index (χ4n) is 3.07. The summed E-state index contributed by atoms with van der Waals surface area (Å²) in [6, 6.07) is 11.7. The smallest absolute Gasteiger partial charge is 0.261 e. The number of hydrogen-bond donors (Lipinski definition) is 1. The van der Waals surface area contributed by atoms with E-state index in [4.69, 9.17) is 0 Å². The molecule has 0 unspecified atom stereocenters. The van der Waals surface area contributed by atoms with Crippen molar-refractivity contribution in [2.75, 3.05) is 18.0 Å². The molecule has 0 saturated carbocycles. The Morgan fingerprint density at radius 3 is 2.92 bits per heavy atom. The summed E-state index contributed by atoms with van der Waals surface area (Å²) in [5, 5.41) is 13.4. The van der Waals surface area contributed by atoms with Gasteiger partial charge in [-0.05, 0) is 43.5 Å². The minimum atomic E-state index is -0.232. The van der Waals surface area contributed by atoms with Crippen molar-refractivity contribution in [2.24, 2.45) is 5.10 Å². The maximum atomic E-state index is 12.1. The van der Waals surface area contributed by atoms with E-state index in [9.17, 15) is 4.79 Å². The highest BCUT2D eigenvalue weighted by molar-refractivity contribution is 7.17. The molecule has 0 aliphatic carbocycles. The van der Waals surface area contributed by atoms with Crippen molar-refractivity contribution < 1.29 is 4.79 Å². The molecule has 1 aromatic carbocycles. The molecule has 4 rings (SSSR count). The maximum absolute atomic E-state index is 12.1. The van der Waals surface area contributed by atoms with E-state index in [-0.39, 0.29) is 12.5 Å². The Kier molecular flexibility index (Phi) is 4.92. The van der Waals surface area contributed by atoms with Crippen molar-refractivity contribution in [3.05, 3.63) is 41.3 Å². The molecule has 3 heterocycles. The van der Waals surface area contributed by atoms with Crippen LogP contribution in [0.25, 0.3) is 11.0 Å². The first-order valence-corrected chi connectivity index (χ1v) is 9.56. The summed E-state index contributed by atoms with van der Waals surface area (Å²) in [6.45, 7) is 2.33. The molecule has 1 N–H and O–H groups in total. The van der Waals surface area contributed by atoms with Crippen LogP contribution in [0, 0.1) is 0 Å². The van der Waals surface area contributed by atoms with Gasteiger partial charge in [-0.1, -0.05) is 17.3 Å². The summed E-state index contributed by atoms with van der Waals surface area (Å²) in [6.07, 6.45) is 5.53. The Labute approximate surface area is 155 Å². The van der Waals surface area contributed by atoms with Gasteiger partial charge < -0.3 is 4.90 Å². The van der Waals surface area contributed by atoms with Gasteiger partial charge in [0.15, 0.2) is 0 Å². The van der Waals surface area contributed by atoms with Crippen molar-refractivity contribution >= 4 is 39.5 Å². The first kappa shape index (κ1) is 16.7. The van der Waals surface area contributed by atoms with Crippen molar-refractivity contribution in [1.29, 1.82) is 0 Å². The number of hydrazone groups is 1. The Morgan fingerprint density at radius 2 is 2.04 bits per heavy atom. The van der Waals surface area contributed by atoms with Crippen LogP contribution in [0.1, 0.15) is 24.1 Å². The highest BCUT2D eigenvalue weighted by atomic mass is 32.1. The maximum Gasteiger partial charge on any atom is 0.261 e. The largest absolute Gasteiger partial charge is 0.363 e. The summed E-state index contributed by atoms with van der Waals surface area (Å²) < 4.78 is 1.57. The molecule has 134 valence electrons. The van der Waals surface area contributed by atoms with Crippen molar-refractivity contribution in [1.82, 2.24) is 20.4 Å². The number of anilines is 1. The van der Waals surface area contributed by atoms with Crippen LogP contribution in [0.3, 0.4) is 0 Å². The number of aromatic nitrogens is 3. The van der Waals surface area contributed by atoms with E-state index >= 15 is 0 Å². The molecule has 0 bridgehead atoms. The molecule has 0 atom stereocenters. The number of carbonyl (C=O) groups excluding carboxylic acids is 1. The molecule has 3 aromatic rings. The van der Waals surface area contributed by atoms with E-state index < -0.39 is 0 Å². The van der Waals surface area contributed by atoms with E-state index in [0.717, 1.165) is 29.0 Å². The number of benzene rings is 1. The van der Waals surface area contributed by atoms with Gasteiger partial charge in [0.05, 0.1) is 16.7 Å². The van der Waals surface area contributed by atoms with Crippen LogP contribution in [0.15, 0.2) is 41.5 Å². The standard InChI is InChI=1S/C18H20N6OS/c25-17(13-24-16-7-3-2-6-15(16)20-22-24)21-19-12-14-8-9-18(26-14)23-10-4-1-5-11-23/h2-3,6-9,12H,1,4-5,10-11,13H2,(H,21,25)/b19-12-. The predicted octanol–water partition coefficient (Wildman–Crippen LogP) is 2.63. The molecule has 2 aromatic heterocycles. The predicted molar refractivity (Wildman–Crippen MR) is 104 cm³/mol. The number of hydrogen-bond acceptors (Lipinski definition) is 6. The fourth-order valence-corrected chi connectivity index (χ4v) is 4.00. The molecular weight excluding hydrogens is 348 g/mol. The number of nitrogens with one attached hydrogen (secondary N) is 1. The highest BCUT2D eigenvalue weighted by Gasteiger charge is 2.12. The third-order valence-electron chi connectivity index (χ3n) is 4.37. The SMILES string of the molecule is O=C(Cn1nnc2ccccc21)N/N=C\c1ccc(N2CCCCC2)s1. The molecule has 1 aliphatic rings. The van der Waals surface area contributed by atoms with E-state index in [1.165, 1.54) is 24.3 Å². The molecule has 0 spiro atoms. The van der Waals surface area contributed by atoms with E-state index in [0.29, 0.717) is 0 Å². The number of rotatable bonds is 5. The second-order valence-electron chi connectivity index (χ2n) is 6.25. The molecule has 1 saturated heterocycles. The first-order chi connectivity index (χ1) is 12.8. The highest BCUT2D eigenvalue weighted by Crippen LogP contribution is 2.27. The van der Waals surface area contributed by atoms with Crippen molar-refractivity contribution in [3.8, 4) is 0 Å². The van der Waals surface area contributed by atoms with Gasteiger partial charge >= 0.3 is 0 Å². The zero-order valence-corrected chi connectivity index (χ0v) is 15.2. The molecule has 7 nitrogen and oxygen atoms in total. The van der Waals surface area contributed by atoms with Crippen LogP contribution in [0.2, 0.25) is 0 Å². The second-order valence-corrected chi connectivity index (χ2v) is 7.35. The average molecular weight is 368 g/mol. The van der Waals surface area contributed by atoms with Crippen LogP contribution in [0.5, 0.6) is 0 Å². The third-order valence-corrected chi connectivity index (χ3v) is 5.46. The number of fused-ring (bicyclic) bond motifs is 1. The zero-order valence-electron chi connectivity index (χ0n) is 14.3. The molecule has 1 amide bonds. The lowest BCUT2D eigenvalue weighted by Gasteiger charge is -2.27. The Balaban J connectivity index is 1.33. The summed E-state index contributed by atoms with van der Waals surface area (Å²) in [5.41, 5.74) is 4.16. The minimum absolute atomic E-state index is 0.0846. The molecule has 8 heteroatoms. The van der Waals surface area contributed by atoms with Gasteiger partial charge in [0.25, 0.3) is 5.91 Å². The second kappa shape index (κ2) is 7.65. The Hall–Kier alpha value is -2.74. The molecule has 1 fully saturated rings. The number of piperidine rings is 1. The summed E-state index contributed by atoms with van der Waals surface area (Å²) in [4.78, 5) is 15.5. The number of nitrogens with zero attached hydrogens (tertiary/aromatic N) is 5. The topological polar surface area (TPSA) is 75.4 Å². The minimum Gasteiger partial charge on any atom is -0.363 e. The van der Waals surface area contributed by atoms with Crippen LogP contribution in [-0.2, 0) is 11.3 Å². The monoisotopic (exact) mass is 368 g/mol. The van der Waals surface area contributed by atoms with Crippen LogP contribution < -0.4 is 10.3 Å². The molecule has 1 aliphatic heterocycles. The van der Waals surface area contributed by atoms with Crippen molar-refractivity contribution in [3.63, 3.8) is 0 Å². The van der Waals surface area contributed by atoms with Gasteiger partial charge in [0.2, 0.25) is 0 Å². The average Bonchev–Trinajstić information content (AvgIpc) is 3.30. The van der Waals surface area contributed by atoms with Crippen LogP contribution in [0.4, 0.5) is 5.00 Å². The summed E-state index contributed by atoms with van der Waals surface area (Å²) >= 11 is 1.70. The number of carbonyl (C=O) groups is 1. The Bertz CT molecular complexity index is 925. The van der Waals surface area contributed by atoms with Gasteiger partial charge in [0.1, 0.15) is 12.1 Å². The third kappa shape index (κ3) is 3.75. The number of thiophene rings is 1. The summed E-state index contributed by atoms with van der Waals surface area (Å²) in [5.74, 6) is -0.232. The van der Waals surface area contributed by atoms with E-state index in [2.05, 4.69) is 31.8 Å². The zero-order chi connectivity index (χ0) is 17.8. The fraction of sp³-hybridized carbons (Fsp3) is 0.333. The van der Waals surface area contributed by atoms with Gasteiger partial charge in [-0.25, -0.2) is 10.1 Å². The lowest BCUT2D eigenvalue weighted by Crippen LogP contribution is -2.28. The normalized spacial score (nSPS) is 15.0. The van der Waals surface area contributed by atoms with Gasteiger partial charge in [0, 0.05) is 18.0 Å². The van der Waals surface area contributed by atoms with Gasteiger partial charge in [-0.2, -0.15) is 5.10 Å². The summed E-state index contributed by atoms with van der Waals surface area (Å²) in [7, 11) is 0. The van der Waals surface area contributed by atoms with E-state index in [1.54, 1.807) is 22.2 Å². The lowest BCUT2D eigenvalue weighted by molar-refractivity contribution is -0.121. The lowest BCUT2D eigenvalue weighted by atomic mass is 10.1. The quantitative estimate of drug-likeness (QED) is 0.555. The van der Waals surface area contributed by atoms with Gasteiger partial charge in [-0.15, -0.1) is 16.4 Å². The molecular formula is C18H20N6OS. The molecule has 26 heavy (non-hydrogen) atoms. The van der Waals surface area contributed by atoms with E-state index in [1.807, 2.05) is 30.3 Å². The Morgan fingerprint density at radius 1 is 1.19 bits per heavy atom. The van der Waals surface area contributed by atoms with Gasteiger partial charge in [-0.3, -0.25) is 4.79 Å². The first-order valence-electron chi connectivity index (χ1n) is 8.74. The number of amides is 1. The number of para-hydroxylation sites is 1.